The lowest BCUT2D eigenvalue weighted by molar-refractivity contribution is -0.118. The number of halogens is 1. The Morgan fingerprint density at radius 1 is 1.16 bits per heavy atom. The number of primary amides is 1. The van der Waals surface area contributed by atoms with Crippen molar-refractivity contribution < 1.29 is 18.7 Å². The van der Waals surface area contributed by atoms with Crippen LogP contribution in [0.1, 0.15) is 79.0 Å². The summed E-state index contributed by atoms with van der Waals surface area (Å²) >= 11 is 0. The summed E-state index contributed by atoms with van der Waals surface area (Å²) in [6.45, 7) is 9.91. The Kier molecular flexibility index (Phi) is 20.2. The second-order valence-electron chi connectivity index (χ2n) is 6.03. The van der Waals surface area contributed by atoms with Crippen LogP contribution in [0.4, 0.5) is 4.39 Å². The molecule has 31 heavy (non-hydrogen) atoms. The summed E-state index contributed by atoms with van der Waals surface area (Å²) in [6.07, 6.45) is 8.39. The first kappa shape index (κ1) is 30.5. The smallest absolute Gasteiger partial charge is 0.204 e. The summed E-state index contributed by atoms with van der Waals surface area (Å²) in [5.74, 6) is 1.43. The average molecular weight is 438 g/mol. The molecule has 0 aliphatic carbocycles. The highest BCUT2D eigenvalue weighted by Gasteiger charge is 2.10. The minimum Gasteiger partial charge on any atom is -0.496 e. The molecule has 1 amide bonds. The Hall–Kier alpha value is -2.70. The normalized spacial score (nSPS) is 9.13. The monoisotopic (exact) mass is 437 g/mol. The summed E-state index contributed by atoms with van der Waals surface area (Å²) < 4.78 is 18.5. The fraction of sp³-hybridized carbons (Fsp3) is 0.542. The van der Waals surface area contributed by atoms with Crippen LogP contribution < -0.4 is 10.5 Å². The van der Waals surface area contributed by atoms with Gasteiger partial charge in [-0.1, -0.05) is 47.5 Å². The van der Waals surface area contributed by atoms with E-state index in [1.807, 2.05) is 34.6 Å². The van der Waals surface area contributed by atoms with E-state index in [2.05, 4.69) is 15.7 Å². The molecule has 1 aromatic heterocycles. The van der Waals surface area contributed by atoms with Crippen LogP contribution in [0.15, 0.2) is 24.4 Å². The number of carbonyl (C=O) groups excluding carboxylic acids is 2. The predicted molar refractivity (Wildman–Crippen MR) is 126 cm³/mol. The number of rotatable bonds is 10. The van der Waals surface area contributed by atoms with E-state index < -0.39 is 0 Å². The lowest BCUT2D eigenvalue weighted by Crippen LogP contribution is -1.95. The molecule has 0 aliphatic heterocycles. The summed E-state index contributed by atoms with van der Waals surface area (Å²) in [4.78, 5) is 27.5. The van der Waals surface area contributed by atoms with Crippen molar-refractivity contribution in [3.8, 4) is 17.0 Å². The first-order chi connectivity index (χ1) is 15.0. The second kappa shape index (κ2) is 20.6. The number of ketones is 1. The Labute approximate surface area is 186 Å². The number of nitrogens with two attached hydrogens (primary N) is 1. The van der Waals surface area contributed by atoms with E-state index in [4.69, 9.17) is 9.53 Å². The molecule has 1 heterocycles. The van der Waals surface area contributed by atoms with E-state index >= 15 is 0 Å². The topological polar surface area (TPSA) is 98.1 Å². The fourth-order valence-corrected chi connectivity index (χ4v) is 2.66. The van der Waals surface area contributed by atoms with Crippen LogP contribution in [0.3, 0.4) is 0 Å². The first-order valence-electron chi connectivity index (χ1n) is 11.1. The molecule has 6 nitrogen and oxygen atoms in total. The third-order valence-electron chi connectivity index (χ3n) is 4.10. The van der Waals surface area contributed by atoms with Crippen molar-refractivity contribution in [2.45, 2.75) is 79.6 Å². The molecule has 0 atom stereocenters. The van der Waals surface area contributed by atoms with Gasteiger partial charge in [-0.15, -0.1) is 0 Å². The number of hydrogen-bond acceptors (Lipinski definition) is 4. The van der Waals surface area contributed by atoms with Gasteiger partial charge in [0.15, 0.2) is 0 Å². The number of ether oxygens (including phenoxy) is 1. The summed E-state index contributed by atoms with van der Waals surface area (Å²) in [5, 5.41) is 0. The maximum Gasteiger partial charge on any atom is 0.204 e. The lowest BCUT2D eigenvalue weighted by atomic mass is 10.1. The van der Waals surface area contributed by atoms with Crippen LogP contribution in [-0.2, 0) is 16.0 Å². The predicted octanol–water partition coefficient (Wildman–Crippen LogP) is 5.85. The Balaban J connectivity index is 0. The standard InChI is InChI=1S/C19H25FN2O2.2C2H6.CH3NO/c1-3-15(23)8-6-4-5-7-9-19-21-13-17(22-19)16-11-10-14(20)12-18(16)24-2;2*1-2;2-1-3/h10-13H,3-9H2,1-2H3,(H,21,22);2*1-2H3;1H,(H2,2,3). The molecule has 0 bridgehead atoms. The molecule has 2 rings (SSSR count). The van der Waals surface area contributed by atoms with Crippen molar-refractivity contribution >= 4 is 12.2 Å². The van der Waals surface area contributed by atoms with Crippen LogP contribution in [0.25, 0.3) is 11.3 Å². The fourth-order valence-electron chi connectivity index (χ4n) is 2.66. The number of aryl methyl sites for hydroxylation is 1. The van der Waals surface area contributed by atoms with Crippen LogP contribution in [0, 0.1) is 5.82 Å². The number of H-pyrrole nitrogens is 1. The maximum atomic E-state index is 13.3. The zero-order valence-corrected chi connectivity index (χ0v) is 20.0. The Morgan fingerprint density at radius 3 is 2.35 bits per heavy atom. The minimum absolute atomic E-state index is 0.250. The molecule has 0 saturated carbocycles. The number of methoxy groups -OCH3 is 1. The molecule has 0 spiro atoms. The van der Waals surface area contributed by atoms with Gasteiger partial charge in [-0.3, -0.25) is 9.59 Å². The number of aromatic nitrogens is 2. The van der Waals surface area contributed by atoms with Gasteiger partial charge in [-0.05, 0) is 25.0 Å². The van der Waals surface area contributed by atoms with Gasteiger partial charge in [-0.25, -0.2) is 9.37 Å². The van der Waals surface area contributed by atoms with Crippen LogP contribution in [0.2, 0.25) is 0 Å². The van der Waals surface area contributed by atoms with E-state index in [1.165, 1.54) is 19.2 Å². The number of amides is 1. The number of carbonyl (C=O) groups is 2. The van der Waals surface area contributed by atoms with Gasteiger partial charge in [0.25, 0.3) is 0 Å². The van der Waals surface area contributed by atoms with E-state index in [9.17, 15) is 9.18 Å². The van der Waals surface area contributed by atoms with E-state index in [1.54, 1.807) is 12.3 Å². The number of Topliss-reactive ketones (excluding diaryl/α,β-unsaturated/α-hetero) is 1. The number of nitrogens with zero attached hydrogens (tertiary/aromatic N) is 1. The van der Waals surface area contributed by atoms with Crippen molar-refractivity contribution in [1.82, 2.24) is 9.97 Å². The molecule has 176 valence electrons. The van der Waals surface area contributed by atoms with Crippen molar-refractivity contribution in [3.05, 3.63) is 36.0 Å². The molecule has 7 heteroatoms. The van der Waals surface area contributed by atoms with Gasteiger partial charge in [0.05, 0.1) is 19.0 Å². The molecule has 0 fully saturated rings. The largest absolute Gasteiger partial charge is 0.496 e. The SMILES string of the molecule is CC.CC.CCC(=O)CCCCCCc1ncc(-c2ccc(F)cc2OC)[nH]1.NC=O. The molecule has 2 aromatic rings. The Bertz CT molecular complexity index is 718. The Morgan fingerprint density at radius 2 is 1.77 bits per heavy atom. The number of hydrogen-bond donors (Lipinski definition) is 2. The number of benzene rings is 1. The number of unbranched alkanes of at least 4 members (excludes halogenated alkanes) is 3. The van der Waals surface area contributed by atoms with Crippen molar-refractivity contribution in [2.75, 3.05) is 7.11 Å². The van der Waals surface area contributed by atoms with Crippen molar-refractivity contribution in [1.29, 1.82) is 0 Å². The minimum atomic E-state index is -0.322. The van der Waals surface area contributed by atoms with E-state index in [0.717, 1.165) is 49.2 Å². The molecule has 1 aromatic carbocycles. The summed E-state index contributed by atoms with van der Waals surface area (Å²) in [5.41, 5.74) is 5.80. The molecule has 0 radical (unpaired) electrons. The molecule has 3 N–H and O–H groups in total. The first-order valence-corrected chi connectivity index (χ1v) is 11.1. The second-order valence-corrected chi connectivity index (χ2v) is 6.03. The van der Waals surface area contributed by atoms with E-state index in [0.29, 0.717) is 24.4 Å². The number of nitrogens with one attached hydrogen (secondary N) is 1. The highest BCUT2D eigenvalue weighted by molar-refractivity contribution is 5.77. The molecule has 0 saturated heterocycles. The quantitative estimate of drug-likeness (QED) is 0.360. The zero-order valence-electron chi connectivity index (χ0n) is 20.0. The van der Waals surface area contributed by atoms with Gasteiger partial charge in [0.2, 0.25) is 6.41 Å². The molecule has 0 aliphatic rings. The maximum absolute atomic E-state index is 13.3. The zero-order chi connectivity index (χ0) is 24.1. The number of imidazole rings is 1. The molecule has 0 unspecified atom stereocenters. The van der Waals surface area contributed by atoms with Gasteiger partial charge < -0.3 is 15.5 Å². The third-order valence-corrected chi connectivity index (χ3v) is 4.10. The average Bonchev–Trinajstić information content (AvgIpc) is 3.27. The number of aromatic amines is 1. The van der Waals surface area contributed by atoms with Crippen molar-refractivity contribution in [3.63, 3.8) is 0 Å². The van der Waals surface area contributed by atoms with Crippen LogP contribution in [0.5, 0.6) is 5.75 Å². The van der Waals surface area contributed by atoms with Gasteiger partial charge in [0.1, 0.15) is 23.2 Å². The van der Waals surface area contributed by atoms with Gasteiger partial charge in [0, 0.05) is 30.9 Å². The molecular weight excluding hydrogens is 397 g/mol. The summed E-state index contributed by atoms with van der Waals surface area (Å²) in [7, 11) is 1.53. The summed E-state index contributed by atoms with van der Waals surface area (Å²) in [6, 6.07) is 4.47. The highest BCUT2D eigenvalue weighted by Crippen LogP contribution is 2.29. The van der Waals surface area contributed by atoms with Crippen molar-refractivity contribution in [2.24, 2.45) is 5.73 Å². The van der Waals surface area contributed by atoms with Gasteiger partial charge >= 0.3 is 0 Å². The molecular formula is C24H40FN3O3. The lowest BCUT2D eigenvalue weighted by Gasteiger charge is -2.06. The van der Waals surface area contributed by atoms with Gasteiger partial charge in [-0.2, -0.15) is 0 Å². The van der Waals surface area contributed by atoms with E-state index in [-0.39, 0.29) is 12.2 Å². The highest BCUT2D eigenvalue weighted by atomic mass is 19.1. The van der Waals surface area contributed by atoms with Crippen LogP contribution in [-0.4, -0.2) is 29.3 Å². The van der Waals surface area contributed by atoms with Crippen LogP contribution >= 0.6 is 0 Å². The third kappa shape index (κ3) is 13.3.